The topological polar surface area (TPSA) is 51.8 Å². The minimum Gasteiger partial charge on any atom is -0.483 e. The van der Waals surface area contributed by atoms with Gasteiger partial charge in [0.1, 0.15) is 11.3 Å². The zero-order valence-electron chi connectivity index (χ0n) is 23.0. The van der Waals surface area contributed by atoms with Gasteiger partial charge in [-0.25, -0.2) is 0 Å². The van der Waals surface area contributed by atoms with Crippen LogP contribution in [-0.4, -0.2) is 23.0 Å². The molecule has 1 radical (unpaired) electrons. The first-order valence-corrected chi connectivity index (χ1v) is 17.1. The summed E-state index contributed by atoms with van der Waals surface area (Å²) in [6, 6.07) is 27.1. The Balaban J connectivity index is 0.000000209. The van der Waals surface area contributed by atoms with Crippen LogP contribution < -0.4 is 5.19 Å². The quantitative estimate of drug-likeness (QED) is 0.139. The number of benzene rings is 2. The van der Waals surface area contributed by atoms with Crippen molar-refractivity contribution in [3.05, 3.63) is 109 Å². The van der Waals surface area contributed by atoms with E-state index in [9.17, 15) is 0 Å². The Morgan fingerprint density at radius 3 is 2.33 bits per heavy atom. The fraction of sp³-hybridized carbons (Fsp3) is 0.206. The van der Waals surface area contributed by atoms with Gasteiger partial charge < -0.3 is 19.4 Å². The molecule has 0 spiro atoms. The van der Waals surface area contributed by atoms with Crippen LogP contribution in [-0.2, 0) is 32.9 Å². The molecule has 1 aliphatic carbocycles. The van der Waals surface area contributed by atoms with E-state index in [1.165, 1.54) is 30.0 Å². The fourth-order valence-electron chi connectivity index (χ4n) is 5.39. The Morgan fingerprint density at radius 1 is 0.800 bits per heavy atom. The molecular formula is C34H31IrN3OSi-2. The maximum absolute atomic E-state index is 5.86. The van der Waals surface area contributed by atoms with Gasteiger partial charge in [-0.2, -0.15) is 0 Å². The Hall–Kier alpha value is -3.44. The van der Waals surface area contributed by atoms with Crippen molar-refractivity contribution in [1.29, 1.82) is 0 Å². The third-order valence-electron chi connectivity index (χ3n) is 7.30. The molecule has 0 saturated heterocycles. The molecular weight excluding hydrogens is 687 g/mol. The second kappa shape index (κ2) is 12.0. The van der Waals surface area contributed by atoms with E-state index in [-0.39, 0.29) is 20.1 Å². The van der Waals surface area contributed by atoms with E-state index < -0.39 is 8.07 Å². The Kier molecular flexibility index (Phi) is 8.41. The number of hydrogen-bond donors (Lipinski definition) is 0. The SMILES string of the molecule is C[Si](C)(C)c1cnc(-c2[c-]nc3oc4ccccc4c3c2)c2c1CCCC2.[Ir].[c-]1ccccc1-c1ccccn1. The summed E-state index contributed by atoms with van der Waals surface area (Å²) >= 11 is 0. The monoisotopic (exact) mass is 718 g/mol. The van der Waals surface area contributed by atoms with E-state index in [0.29, 0.717) is 5.71 Å². The predicted molar refractivity (Wildman–Crippen MR) is 162 cm³/mol. The van der Waals surface area contributed by atoms with Crippen molar-refractivity contribution in [3.63, 3.8) is 0 Å². The van der Waals surface area contributed by atoms with E-state index in [1.807, 2.05) is 60.7 Å². The number of rotatable bonds is 3. The van der Waals surface area contributed by atoms with Crippen LogP contribution in [0.1, 0.15) is 24.0 Å². The van der Waals surface area contributed by atoms with E-state index >= 15 is 0 Å². The van der Waals surface area contributed by atoms with Gasteiger partial charge in [0.05, 0.1) is 8.07 Å². The van der Waals surface area contributed by atoms with Crippen LogP contribution in [0.4, 0.5) is 0 Å². The minimum atomic E-state index is -1.41. The predicted octanol–water partition coefficient (Wildman–Crippen LogP) is 7.81. The molecule has 0 fully saturated rings. The van der Waals surface area contributed by atoms with E-state index in [0.717, 1.165) is 45.3 Å². The number of fused-ring (bicyclic) bond motifs is 4. The van der Waals surface area contributed by atoms with Gasteiger partial charge in [-0.1, -0.05) is 61.1 Å². The molecule has 4 nitrogen and oxygen atoms in total. The molecule has 40 heavy (non-hydrogen) atoms. The van der Waals surface area contributed by atoms with Gasteiger partial charge in [-0.15, -0.1) is 47.5 Å². The van der Waals surface area contributed by atoms with Gasteiger partial charge in [0.2, 0.25) is 0 Å². The number of pyridine rings is 3. The molecule has 1 aliphatic rings. The van der Waals surface area contributed by atoms with Crippen molar-refractivity contribution in [1.82, 2.24) is 15.0 Å². The smallest absolute Gasteiger partial charge is 0.141 e. The molecule has 7 rings (SSSR count). The zero-order valence-corrected chi connectivity index (χ0v) is 26.4. The minimum absolute atomic E-state index is 0. The van der Waals surface area contributed by atoms with Crippen LogP contribution in [0.3, 0.4) is 0 Å². The van der Waals surface area contributed by atoms with Crippen LogP contribution >= 0.6 is 0 Å². The summed E-state index contributed by atoms with van der Waals surface area (Å²) in [6.07, 6.45) is 11.9. The van der Waals surface area contributed by atoms with Crippen molar-refractivity contribution in [3.8, 4) is 22.5 Å². The molecule has 0 amide bonds. The largest absolute Gasteiger partial charge is 0.483 e. The third-order valence-corrected chi connectivity index (χ3v) is 9.34. The van der Waals surface area contributed by atoms with Crippen LogP contribution in [0.2, 0.25) is 19.6 Å². The Labute approximate surface area is 250 Å². The summed E-state index contributed by atoms with van der Waals surface area (Å²) < 4.78 is 5.86. The molecule has 0 bridgehead atoms. The van der Waals surface area contributed by atoms with Crippen molar-refractivity contribution in [2.75, 3.05) is 0 Å². The summed E-state index contributed by atoms with van der Waals surface area (Å²) in [6.45, 7) is 7.24. The van der Waals surface area contributed by atoms with Crippen LogP contribution in [0.5, 0.6) is 0 Å². The standard InChI is InChI=1S/C23H23N2OSi.C11H8N.Ir/c1-27(2,3)21-14-24-22(18-10-5-4-9-17(18)21)15-12-19-16-8-6-7-11-20(16)26-23(19)25-13-15;1-2-6-10(7-3-1)11-8-4-5-9-12-11;/h6-8,11-12,14H,4-5,9-10H2,1-3H3;1-6,8-9H;/q2*-1;. The molecule has 0 unspecified atom stereocenters. The van der Waals surface area contributed by atoms with Gasteiger partial charge in [0, 0.05) is 37.9 Å². The summed E-state index contributed by atoms with van der Waals surface area (Å²) in [5.41, 5.74) is 8.54. The molecule has 6 aromatic rings. The summed E-state index contributed by atoms with van der Waals surface area (Å²) in [5.74, 6) is 0. The van der Waals surface area contributed by atoms with E-state index in [1.54, 1.807) is 11.8 Å². The number of aromatic nitrogens is 3. The van der Waals surface area contributed by atoms with Crippen molar-refractivity contribution in [2.24, 2.45) is 0 Å². The molecule has 0 atom stereocenters. The van der Waals surface area contributed by atoms with Crippen molar-refractivity contribution >= 4 is 35.3 Å². The molecule has 2 aromatic carbocycles. The first-order chi connectivity index (χ1) is 19.0. The number of para-hydroxylation sites is 1. The number of furan rings is 1. The normalized spacial score (nSPS) is 12.8. The Bertz CT molecular complexity index is 1710. The van der Waals surface area contributed by atoms with E-state index in [4.69, 9.17) is 9.40 Å². The Morgan fingerprint density at radius 2 is 1.57 bits per heavy atom. The first-order valence-electron chi connectivity index (χ1n) is 13.6. The second-order valence-electron chi connectivity index (χ2n) is 11.0. The zero-order chi connectivity index (χ0) is 26.8. The van der Waals surface area contributed by atoms with Crippen LogP contribution in [0.25, 0.3) is 44.6 Å². The fourth-order valence-corrected chi connectivity index (χ4v) is 7.02. The molecule has 203 valence electrons. The molecule has 4 aromatic heterocycles. The van der Waals surface area contributed by atoms with Crippen molar-refractivity contribution < 1.29 is 24.5 Å². The molecule has 0 aliphatic heterocycles. The van der Waals surface area contributed by atoms with Gasteiger partial charge in [-0.3, -0.25) is 0 Å². The average Bonchev–Trinajstić information content (AvgIpc) is 3.35. The van der Waals surface area contributed by atoms with Crippen LogP contribution in [0.15, 0.2) is 89.6 Å². The molecule has 6 heteroatoms. The van der Waals surface area contributed by atoms with Gasteiger partial charge in [0.25, 0.3) is 0 Å². The number of hydrogen-bond acceptors (Lipinski definition) is 4. The first kappa shape index (κ1) is 28.1. The summed E-state index contributed by atoms with van der Waals surface area (Å²) in [7, 11) is -1.41. The van der Waals surface area contributed by atoms with Gasteiger partial charge >= 0.3 is 0 Å². The van der Waals surface area contributed by atoms with Crippen molar-refractivity contribution in [2.45, 2.75) is 45.3 Å². The average molecular weight is 718 g/mol. The maximum Gasteiger partial charge on any atom is 0.141 e. The molecule has 4 heterocycles. The van der Waals surface area contributed by atoms with Gasteiger partial charge in [-0.05, 0) is 66.0 Å². The number of nitrogens with zero attached hydrogens (tertiary/aromatic N) is 3. The second-order valence-corrected chi connectivity index (χ2v) is 16.1. The summed E-state index contributed by atoms with van der Waals surface area (Å²) in [5, 5.41) is 3.66. The molecule has 0 saturated carbocycles. The van der Waals surface area contributed by atoms with Crippen LogP contribution in [0, 0.1) is 12.3 Å². The van der Waals surface area contributed by atoms with E-state index in [2.05, 4.69) is 60.2 Å². The molecule has 0 N–H and O–H groups in total. The third kappa shape index (κ3) is 5.71. The summed E-state index contributed by atoms with van der Waals surface area (Å²) in [4.78, 5) is 13.6. The van der Waals surface area contributed by atoms with Gasteiger partial charge in [0.15, 0.2) is 0 Å². The maximum atomic E-state index is 5.86.